The highest BCUT2D eigenvalue weighted by Gasteiger charge is 2.08. The van der Waals surface area contributed by atoms with Crippen molar-refractivity contribution in [1.82, 2.24) is 9.78 Å². The molecule has 0 spiro atoms. The lowest BCUT2D eigenvalue weighted by molar-refractivity contribution is 0.102. The van der Waals surface area contributed by atoms with Crippen LogP contribution in [0.15, 0.2) is 85.2 Å². The van der Waals surface area contributed by atoms with Crippen LogP contribution in [-0.4, -0.2) is 15.7 Å². The summed E-state index contributed by atoms with van der Waals surface area (Å²) in [4.78, 5) is 12.5. The van der Waals surface area contributed by atoms with Crippen molar-refractivity contribution in [2.24, 2.45) is 0 Å². The molecule has 0 aliphatic rings. The lowest BCUT2D eigenvalue weighted by Crippen LogP contribution is -2.11. The Morgan fingerprint density at radius 2 is 1.65 bits per heavy atom. The van der Waals surface area contributed by atoms with Gasteiger partial charge in [-0.3, -0.25) is 9.48 Å². The maximum absolute atomic E-state index is 12.9. The second-order valence-electron chi connectivity index (χ2n) is 7.31. The van der Waals surface area contributed by atoms with Crippen LogP contribution in [0.2, 0.25) is 0 Å². The van der Waals surface area contributed by atoms with Gasteiger partial charge in [0.2, 0.25) is 0 Å². The van der Waals surface area contributed by atoms with Crippen molar-refractivity contribution >= 4 is 11.6 Å². The predicted octanol–water partition coefficient (Wildman–Crippen LogP) is 5.21. The second-order valence-corrected chi connectivity index (χ2v) is 7.31. The van der Waals surface area contributed by atoms with Crippen LogP contribution in [0.4, 0.5) is 10.1 Å². The molecule has 0 saturated carbocycles. The van der Waals surface area contributed by atoms with E-state index in [9.17, 15) is 9.18 Å². The topological polar surface area (TPSA) is 56.2 Å². The van der Waals surface area contributed by atoms with Crippen molar-refractivity contribution < 1.29 is 13.9 Å². The summed E-state index contributed by atoms with van der Waals surface area (Å²) >= 11 is 0. The molecule has 1 amide bonds. The number of rotatable bonds is 7. The van der Waals surface area contributed by atoms with E-state index < -0.39 is 0 Å². The van der Waals surface area contributed by atoms with E-state index in [-0.39, 0.29) is 11.7 Å². The number of amides is 1. The standard InChI is InChI=1S/C25H22FN3O2/c1-18-2-4-19(5-3-18)15-29-16-23(14-27-29)28-25(30)21-8-6-20(7-9-21)17-31-24-12-10-22(26)11-13-24/h2-14,16H,15,17H2,1H3,(H,28,30). The molecule has 3 aromatic carbocycles. The molecule has 1 N–H and O–H groups in total. The Morgan fingerprint density at radius 1 is 0.968 bits per heavy atom. The fraction of sp³-hybridized carbons (Fsp3) is 0.120. The number of carbonyl (C=O) groups is 1. The van der Waals surface area contributed by atoms with Crippen LogP contribution in [0.5, 0.6) is 5.75 Å². The number of anilines is 1. The fourth-order valence-corrected chi connectivity index (χ4v) is 3.05. The van der Waals surface area contributed by atoms with Gasteiger partial charge in [0.25, 0.3) is 5.91 Å². The van der Waals surface area contributed by atoms with E-state index in [0.29, 0.717) is 30.2 Å². The number of hydrogen-bond donors (Lipinski definition) is 1. The molecule has 0 aliphatic heterocycles. The number of hydrogen-bond acceptors (Lipinski definition) is 3. The first-order valence-corrected chi connectivity index (χ1v) is 9.92. The SMILES string of the molecule is Cc1ccc(Cn2cc(NC(=O)c3ccc(COc4ccc(F)cc4)cc3)cn2)cc1. The smallest absolute Gasteiger partial charge is 0.255 e. The van der Waals surface area contributed by atoms with Crippen LogP contribution < -0.4 is 10.1 Å². The number of aryl methyl sites for hydroxylation is 1. The lowest BCUT2D eigenvalue weighted by atomic mass is 10.1. The maximum atomic E-state index is 12.9. The molecule has 1 aromatic heterocycles. The van der Waals surface area contributed by atoms with Crippen molar-refractivity contribution in [3.05, 3.63) is 113 Å². The molecular weight excluding hydrogens is 393 g/mol. The van der Waals surface area contributed by atoms with Crippen molar-refractivity contribution in [1.29, 1.82) is 0 Å². The minimum Gasteiger partial charge on any atom is -0.489 e. The minimum atomic E-state index is -0.302. The molecule has 4 rings (SSSR count). The van der Waals surface area contributed by atoms with Crippen LogP contribution in [0, 0.1) is 12.7 Å². The molecule has 0 saturated heterocycles. The zero-order valence-electron chi connectivity index (χ0n) is 17.1. The molecule has 0 atom stereocenters. The van der Waals surface area contributed by atoms with Gasteiger partial charge in [0.15, 0.2) is 0 Å². The van der Waals surface area contributed by atoms with Gasteiger partial charge >= 0.3 is 0 Å². The molecule has 31 heavy (non-hydrogen) atoms. The van der Waals surface area contributed by atoms with Gasteiger partial charge < -0.3 is 10.1 Å². The van der Waals surface area contributed by atoms with E-state index in [1.54, 1.807) is 35.1 Å². The Kier molecular flexibility index (Phi) is 6.08. The summed E-state index contributed by atoms with van der Waals surface area (Å²) in [5.41, 5.74) is 4.44. The average Bonchev–Trinajstić information content (AvgIpc) is 3.22. The van der Waals surface area contributed by atoms with Crippen LogP contribution in [-0.2, 0) is 13.2 Å². The Morgan fingerprint density at radius 3 is 2.35 bits per heavy atom. The van der Waals surface area contributed by atoms with Gasteiger partial charge in [-0.2, -0.15) is 5.10 Å². The number of halogens is 1. The molecule has 1 heterocycles. The highest BCUT2D eigenvalue weighted by molar-refractivity contribution is 6.04. The predicted molar refractivity (Wildman–Crippen MR) is 118 cm³/mol. The third kappa shape index (κ3) is 5.57. The third-order valence-corrected chi connectivity index (χ3v) is 4.79. The number of ether oxygens (including phenoxy) is 1. The molecule has 0 bridgehead atoms. The first-order chi connectivity index (χ1) is 15.0. The Hall–Kier alpha value is -3.93. The van der Waals surface area contributed by atoms with Gasteiger partial charge in [0.1, 0.15) is 18.2 Å². The molecule has 0 radical (unpaired) electrons. The average molecular weight is 415 g/mol. The highest BCUT2D eigenvalue weighted by atomic mass is 19.1. The zero-order chi connectivity index (χ0) is 21.6. The molecule has 156 valence electrons. The minimum absolute atomic E-state index is 0.208. The zero-order valence-corrected chi connectivity index (χ0v) is 17.1. The summed E-state index contributed by atoms with van der Waals surface area (Å²) in [5, 5.41) is 7.18. The van der Waals surface area contributed by atoms with Crippen LogP contribution in [0.1, 0.15) is 27.0 Å². The Labute approximate surface area is 180 Å². The third-order valence-electron chi connectivity index (χ3n) is 4.79. The van der Waals surface area contributed by atoms with E-state index in [0.717, 1.165) is 11.1 Å². The van der Waals surface area contributed by atoms with Gasteiger partial charge in [-0.25, -0.2) is 4.39 Å². The molecule has 6 heteroatoms. The van der Waals surface area contributed by atoms with E-state index in [4.69, 9.17) is 4.74 Å². The van der Waals surface area contributed by atoms with Gasteiger partial charge in [-0.1, -0.05) is 42.0 Å². The first kappa shape index (κ1) is 20.3. The fourth-order valence-electron chi connectivity index (χ4n) is 3.05. The summed E-state index contributed by atoms with van der Waals surface area (Å²) in [7, 11) is 0. The maximum Gasteiger partial charge on any atom is 0.255 e. The molecule has 4 aromatic rings. The quantitative estimate of drug-likeness (QED) is 0.451. The number of aromatic nitrogens is 2. The van der Waals surface area contributed by atoms with Crippen molar-refractivity contribution in [3.63, 3.8) is 0 Å². The van der Waals surface area contributed by atoms with E-state index in [1.165, 1.54) is 17.7 Å². The largest absolute Gasteiger partial charge is 0.489 e. The van der Waals surface area contributed by atoms with Gasteiger partial charge in [-0.15, -0.1) is 0 Å². The highest BCUT2D eigenvalue weighted by Crippen LogP contribution is 2.15. The summed E-state index contributed by atoms with van der Waals surface area (Å²) in [6.07, 6.45) is 3.44. The molecule has 0 fully saturated rings. The first-order valence-electron chi connectivity index (χ1n) is 9.92. The summed E-state index contributed by atoms with van der Waals surface area (Å²) in [6.45, 7) is 3.02. The molecular formula is C25H22FN3O2. The second kappa shape index (κ2) is 9.26. The molecule has 0 unspecified atom stereocenters. The van der Waals surface area contributed by atoms with Crippen molar-refractivity contribution in [2.75, 3.05) is 5.32 Å². The molecule has 5 nitrogen and oxygen atoms in total. The monoisotopic (exact) mass is 415 g/mol. The van der Waals surface area contributed by atoms with Crippen LogP contribution >= 0.6 is 0 Å². The van der Waals surface area contributed by atoms with Crippen molar-refractivity contribution in [2.45, 2.75) is 20.1 Å². The summed E-state index contributed by atoms with van der Waals surface area (Å²) in [6, 6.07) is 21.3. The number of carbonyl (C=O) groups excluding carboxylic acids is 1. The van der Waals surface area contributed by atoms with Crippen LogP contribution in [0.25, 0.3) is 0 Å². The number of benzene rings is 3. The van der Waals surface area contributed by atoms with E-state index in [1.807, 2.05) is 18.3 Å². The normalized spacial score (nSPS) is 10.6. The van der Waals surface area contributed by atoms with Gasteiger partial charge in [0.05, 0.1) is 18.4 Å². The van der Waals surface area contributed by atoms with Crippen molar-refractivity contribution in [3.8, 4) is 5.75 Å². The van der Waals surface area contributed by atoms with E-state index >= 15 is 0 Å². The number of nitrogens with zero attached hydrogens (tertiary/aromatic N) is 2. The Balaban J connectivity index is 1.31. The number of nitrogens with one attached hydrogen (secondary N) is 1. The molecule has 0 aliphatic carbocycles. The lowest BCUT2D eigenvalue weighted by Gasteiger charge is -2.07. The van der Waals surface area contributed by atoms with Gasteiger partial charge in [-0.05, 0) is 54.4 Å². The van der Waals surface area contributed by atoms with Gasteiger partial charge in [0, 0.05) is 11.8 Å². The Bertz CT molecular complexity index is 1150. The summed E-state index contributed by atoms with van der Waals surface area (Å²) in [5.74, 6) is 0.0789. The van der Waals surface area contributed by atoms with Crippen LogP contribution in [0.3, 0.4) is 0 Å². The van der Waals surface area contributed by atoms with E-state index in [2.05, 4.69) is 41.6 Å². The summed E-state index contributed by atoms with van der Waals surface area (Å²) < 4.78 is 20.4.